The summed E-state index contributed by atoms with van der Waals surface area (Å²) in [6.07, 6.45) is 2.75. The maximum atomic E-state index is 12.6. The molecule has 2 atom stereocenters. The Bertz CT molecular complexity index is 746. The molecule has 0 aliphatic carbocycles. The van der Waals surface area contributed by atoms with Crippen LogP contribution in [0.3, 0.4) is 0 Å². The predicted octanol–water partition coefficient (Wildman–Crippen LogP) is 3.05. The predicted molar refractivity (Wildman–Crippen MR) is 94.3 cm³/mol. The van der Waals surface area contributed by atoms with Gasteiger partial charge in [-0.05, 0) is 43.4 Å². The summed E-state index contributed by atoms with van der Waals surface area (Å²) >= 11 is 3.45. The van der Waals surface area contributed by atoms with Gasteiger partial charge in [-0.25, -0.2) is 4.79 Å². The van der Waals surface area contributed by atoms with Crippen LogP contribution in [0.2, 0.25) is 0 Å². The molecule has 2 fully saturated rings. The number of carbonyl (C=O) groups excluding carboxylic acids is 1. The molecule has 124 valence electrons. The Morgan fingerprint density at radius 2 is 2.08 bits per heavy atom. The lowest BCUT2D eigenvalue weighted by Gasteiger charge is -2.27. The fraction of sp³-hybridized carbons (Fsp3) is 0.444. The van der Waals surface area contributed by atoms with Crippen LogP contribution in [0.1, 0.15) is 24.8 Å². The normalized spacial score (nSPS) is 25.0. The molecule has 2 amide bonds. The highest BCUT2D eigenvalue weighted by molar-refractivity contribution is 9.10. The van der Waals surface area contributed by atoms with Gasteiger partial charge in [-0.3, -0.25) is 4.90 Å². The van der Waals surface area contributed by atoms with Crippen molar-refractivity contribution < 1.29 is 9.63 Å². The third kappa shape index (κ3) is 2.89. The van der Waals surface area contributed by atoms with Crippen molar-refractivity contribution in [1.29, 1.82) is 0 Å². The van der Waals surface area contributed by atoms with Gasteiger partial charge in [0.1, 0.15) is 5.71 Å². The summed E-state index contributed by atoms with van der Waals surface area (Å²) in [5.41, 5.74) is 1.68. The Labute approximate surface area is 149 Å². The van der Waals surface area contributed by atoms with Gasteiger partial charge in [0.25, 0.3) is 0 Å². The number of likely N-dealkylation sites (tertiary alicyclic amines) is 2. The summed E-state index contributed by atoms with van der Waals surface area (Å²) in [6, 6.07) is 7.94. The van der Waals surface area contributed by atoms with Crippen molar-refractivity contribution in [2.75, 3.05) is 19.6 Å². The molecule has 2 unspecified atom stereocenters. The van der Waals surface area contributed by atoms with E-state index in [1.165, 1.54) is 0 Å². The van der Waals surface area contributed by atoms with Gasteiger partial charge in [0.2, 0.25) is 6.23 Å². The molecule has 0 spiro atoms. The van der Waals surface area contributed by atoms with Crippen LogP contribution in [0.25, 0.3) is 0 Å². The fourth-order valence-corrected chi connectivity index (χ4v) is 3.86. The van der Waals surface area contributed by atoms with E-state index in [0.29, 0.717) is 6.54 Å². The van der Waals surface area contributed by atoms with E-state index in [4.69, 9.17) is 4.84 Å². The van der Waals surface area contributed by atoms with Crippen LogP contribution < -0.4 is 0 Å². The minimum absolute atomic E-state index is 0.0800. The summed E-state index contributed by atoms with van der Waals surface area (Å²) < 4.78 is 1.00. The topological polar surface area (TPSA) is 45.1 Å². The molecule has 0 N–H and O–H groups in total. The van der Waals surface area contributed by atoms with Gasteiger partial charge in [-0.2, -0.15) is 0 Å². The minimum Gasteiger partial charge on any atom is -0.369 e. The van der Waals surface area contributed by atoms with Gasteiger partial charge in [0.15, 0.2) is 0 Å². The van der Waals surface area contributed by atoms with E-state index in [2.05, 4.69) is 32.9 Å². The first kappa shape index (κ1) is 15.5. The summed E-state index contributed by atoms with van der Waals surface area (Å²) in [5, 5.41) is 4.14. The second-order valence-corrected chi connectivity index (χ2v) is 7.21. The van der Waals surface area contributed by atoms with Crippen molar-refractivity contribution in [2.24, 2.45) is 11.1 Å². The van der Waals surface area contributed by atoms with Gasteiger partial charge in [-0.1, -0.05) is 33.1 Å². The molecular weight excluding hydrogens is 370 g/mol. The van der Waals surface area contributed by atoms with Gasteiger partial charge >= 0.3 is 6.03 Å². The standard InChI is InChI=1S/C18H18BrN3O2/c19-14-5-3-4-13(12-14)6-7-16-15-8-11-22(17(15)24-20-16)18(23)21-9-1-2-10-21/h3-5,12,15,17H,1-2,8-11H2. The minimum atomic E-state index is -0.287. The second-order valence-electron chi connectivity index (χ2n) is 6.30. The van der Waals surface area contributed by atoms with E-state index >= 15 is 0 Å². The number of urea groups is 1. The molecule has 4 rings (SSSR count). The van der Waals surface area contributed by atoms with Gasteiger partial charge in [-0.15, -0.1) is 0 Å². The lowest BCUT2D eigenvalue weighted by molar-refractivity contribution is -0.0126. The molecule has 24 heavy (non-hydrogen) atoms. The Morgan fingerprint density at radius 3 is 2.88 bits per heavy atom. The quantitative estimate of drug-likeness (QED) is 0.642. The third-order valence-corrected chi connectivity index (χ3v) is 5.22. The number of fused-ring (bicyclic) bond motifs is 1. The van der Waals surface area contributed by atoms with Crippen molar-refractivity contribution in [2.45, 2.75) is 25.5 Å². The molecule has 0 saturated carbocycles. The Balaban J connectivity index is 1.45. The largest absolute Gasteiger partial charge is 0.369 e. The van der Waals surface area contributed by atoms with Crippen molar-refractivity contribution >= 4 is 27.7 Å². The van der Waals surface area contributed by atoms with Crippen molar-refractivity contribution in [3.8, 4) is 11.8 Å². The van der Waals surface area contributed by atoms with Crippen LogP contribution in [0.5, 0.6) is 0 Å². The third-order valence-electron chi connectivity index (χ3n) is 4.72. The number of carbonyl (C=O) groups is 1. The summed E-state index contributed by atoms with van der Waals surface area (Å²) in [7, 11) is 0. The van der Waals surface area contributed by atoms with Gasteiger partial charge < -0.3 is 9.74 Å². The van der Waals surface area contributed by atoms with E-state index in [9.17, 15) is 4.79 Å². The van der Waals surface area contributed by atoms with E-state index in [-0.39, 0.29) is 18.2 Å². The molecule has 1 aromatic rings. The Kier molecular flexibility index (Phi) is 4.19. The fourth-order valence-electron chi connectivity index (χ4n) is 3.46. The Hall–Kier alpha value is -2.00. The zero-order chi connectivity index (χ0) is 16.5. The van der Waals surface area contributed by atoms with Crippen LogP contribution in [-0.4, -0.2) is 47.4 Å². The van der Waals surface area contributed by atoms with E-state index < -0.39 is 0 Å². The summed E-state index contributed by atoms with van der Waals surface area (Å²) in [5.74, 6) is 6.36. The molecule has 3 aliphatic rings. The average molecular weight is 388 g/mol. The van der Waals surface area contributed by atoms with E-state index in [1.807, 2.05) is 34.1 Å². The number of hydrogen-bond donors (Lipinski definition) is 0. The molecule has 0 radical (unpaired) electrons. The highest BCUT2D eigenvalue weighted by Gasteiger charge is 2.46. The zero-order valence-electron chi connectivity index (χ0n) is 13.2. The molecule has 2 saturated heterocycles. The first-order chi connectivity index (χ1) is 11.7. The first-order valence-corrected chi connectivity index (χ1v) is 9.08. The van der Waals surface area contributed by atoms with Crippen LogP contribution in [0.4, 0.5) is 4.79 Å². The number of hydrogen-bond acceptors (Lipinski definition) is 3. The lowest BCUT2D eigenvalue weighted by Crippen LogP contribution is -2.45. The number of amides is 2. The maximum Gasteiger partial charge on any atom is 0.322 e. The number of nitrogens with zero attached hydrogens (tertiary/aromatic N) is 3. The van der Waals surface area contributed by atoms with E-state index in [1.54, 1.807) is 0 Å². The molecule has 0 bridgehead atoms. The van der Waals surface area contributed by atoms with Crippen molar-refractivity contribution in [3.63, 3.8) is 0 Å². The van der Waals surface area contributed by atoms with Crippen molar-refractivity contribution in [1.82, 2.24) is 9.80 Å². The molecule has 6 heteroatoms. The Morgan fingerprint density at radius 1 is 1.25 bits per heavy atom. The molecule has 0 aromatic heterocycles. The molecule has 1 aromatic carbocycles. The SMILES string of the molecule is O=C(N1CCCC1)N1CCC2C(C#Cc3cccc(Br)c3)=NOC21. The maximum absolute atomic E-state index is 12.6. The number of halogens is 1. The lowest BCUT2D eigenvalue weighted by atomic mass is 10.0. The number of rotatable bonds is 0. The second kappa shape index (κ2) is 6.48. The molecule has 3 aliphatic heterocycles. The van der Waals surface area contributed by atoms with Gasteiger partial charge in [0, 0.05) is 29.7 Å². The number of benzene rings is 1. The average Bonchev–Trinajstić information content (AvgIpc) is 3.30. The highest BCUT2D eigenvalue weighted by atomic mass is 79.9. The zero-order valence-corrected chi connectivity index (χ0v) is 14.8. The smallest absolute Gasteiger partial charge is 0.322 e. The van der Waals surface area contributed by atoms with Crippen molar-refractivity contribution in [3.05, 3.63) is 34.3 Å². The summed E-state index contributed by atoms with van der Waals surface area (Å²) in [4.78, 5) is 21.9. The molecule has 5 nitrogen and oxygen atoms in total. The molecular formula is C18H18BrN3O2. The monoisotopic (exact) mass is 387 g/mol. The highest BCUT2D eigenvalue weighted by Crippen LogP contribution is 2.32. The van der Waals surface area contributed by atoms with Crippen LogP contribution >= 0.6 is 15.9 Å². The molecule has 3 heterocycles. The van der Waals surface area contributed by atoms with Crippen LogP contribution in [-0.2, 0) is 4.84 Å². The first-order valence-electron chi connectivity index (χ1n) is 8.29. The van der Waals surface area contributed by atoms with E-state index in [0.717, 1.165) is 48.1 Å². The van der Waals surface area contributed by atoms with Crippen LogP contribution in [0, 0.1) is 17.8 Å². The van der Waals surface area contributed by atoms with Gasteiger partial charge in [0.05, 0.1) is 5.92 Å². The number of oxime groups is 1. The summed E-state index contributed by atoms with van der Waals surface area (Å²) in [6.45, 7) is 2.41. The van der Waals surface area contributed by atoms with Crippen LogP contribution in [0.15, 0.2) is 33.9 Å².